The number of aryl methyl sites for hydroxylation is 3. The van der Waals surface area contributed by atoms with Crippen LogP contribution in [0.5, 0.6) is 5.75 Å². The fourth-order valence-electron chi connectivity index (χ4n) is 3.73. The van der Waals surface area contributed by atoms with Crippen LogP contribution in [0.3, 0.4) is 0 Å². The Morgan fingerprint density at radius 3 is 2.15 bits per heavy atom. The molecule has 0 fully saturated rings. The number of ether oxygens (including phenoxy) is 1. The van der Waals surface area contributed by atoms with Crippen LogP contribution in [-0.4, -0.2) is 18.4 Å². The van der Waals surface area contributed by atoms with Crippen LogP contribution in [0.25, 0.3) is 5.57 Å². The van der Waals surface area contributed by atoms with E-state index in [1.807, 2.05) is 94.4 Å². The third-order valence-electron chi connectivity index (χ3n) is 5.77. The predicted molar refractivity (Wildman–Crippen MR) is 132 cm³/mol. The van der Waals surface area contributed by atoms with Gasteiger partial charge in [-0.05, 0) is 80.3 Å². The summed E-state index contributed by atoms with van der Waals surface area (Å²) in [5.74, 6) is 0.0160. The van der Waals surface area contributed by atoms with Crippen LogP contribution in [0.2, 0.25) is 0 Å². The van der Waals surface area contributed by atoms with Crippen molar-refractivity contribution in [3.05, 3.63) is 94.7 Å². The number of carbonyl (C=O) groups is 2. The molecule has 1 N–H and O–H groups in total. The zero-order chi connectivity index (χ0) is 23.5. The second kappa shape index (κ2) is 9.33. The van der Waals surface area contributed by atoms with Crippen LogP contribution in [-0.2, 0) is 9.59 Å². The van der Waals surface area contributed by atoms with E-state index in [1.54, 1.807) is 0 Å². The first-order chi connectivity index (χ1) is 15.9. The molecular formula is C28H28N2O3. The maximum Gasteiger partial charge on any atom is 0.282 e. The fourth-order valence-corrected chi connectivity index (χ4v) is 3.73. The van der Waals surface area contributed by atoms with E-state index in [0.717, 1.165) is 34.5 Å². The molecule has 5 heteroatoms. The maximum atomic E-state index is 13.6. The van der Waals surface area contributed by atoms with Crippen molar-refractivity contribution < 1.29 is 14.3 Å². The standard InChI is InChI=1S/C28H28N2O3/c1-5-16-33-24-14-9-21(10-15-24)25-26(29-22-11-6-18(2)7-12-22)28(32)30(27(25)31)23-13-8-19(3)20(4)17-23/h6-15,17,29H,5,16H2,1-4H3. The molecule has 3 aromatic rings. The van der Waals surface area contributed by atoms with E-state index in [2.05, 4.69) is 5.32 Å². The Balaban J connectivity index is 1.76. The summed E-state index contributed by atoms with van der Waals surface area (Å²) < 4.78 is 5.68. The van der Waals surface area contributed by atoms with E-state index in [1.165, 1.54) is 4.90 Å². The summed E-state index contributed by atoms with van der Waals surface area (Å²) in [4.78, 5) is 28.4. The van der Waals surface area contributed by atoms with Gasteiger partial charge in [-0.15, -0.1) is 0 Å². The number of rotatable bonds is 7. The number of imide groups is 1. The van der Waals surface area contributed by atoms with E-state index in [-0.39, 0.29) is 17.5 Å². The van der Waals surface area contributed by atoms with Crippen LogP contribution in [0, 0.1) is 20.8 Å². The molecule has 2 amide bonds. The molecule has 0 spiro atoms. The Hall–Kier alpha value is -3.86. The molecule has 0 unspecified atom stereocenters. The molecule has 0 bridgehead atoms. The van der Waals surface area contributed by atoms with Gasteiger partial charge >= 0.3 is 0 Å². The molecule has 0 saturated carbocycles. The van der Waals surface area contributed by atoms with Crippen molar-refractivity contribution in [2.24, 2.45) is 0 Å². The number of hydrogen-bond acceptors (Lipinski definition) is 4. The third kappa shape index (κ3) is 4.53. The van der Waals surface area contributed by atoms with Gasteiger partial charge in [0.1, 0.15) is 11.4 Å². The number of hydrogen-bond donors (Lipinski definition) is 1. The Morgan fingerprint density at radius 1 is 0.818 bits per heavy atom. The average molecular weight is 441 g/mol. The SMILES string of the molecule is CCCOc1ccc(C2=C(Nc3ccc(C)cc3)C(=O)N(c3ccc(C)c(C)c3)C2=O)cc1. The number of nitrogens with zero attached hydrogens (tertiary/aromatic N) is 1. The highest BCUT2D eigenvalue weighted by molar-refractivity contribution is 6.46. The molecule has 4 rings (SSSR count). The summed E-state index contributed by atoms with van der Waals surface area (Å²) in [6.45, 7) is 8.65. The molecule has 33 heavy (non-hydrogen) atoms. The first-order valence-corrected chi connectivity index (χ1v) is 11.2. The number of anilines is 2. The summed E-state index contributed by atoms with van der Waals surface area (Å²) in [6.07, 6.45) is 0.912. The Kier molecular flexibility index (Phi) is 6.31. The van der Waals surface area contributed by atoms with Gasteiger partial charge in [0, 0.05) is 5.69 Å². The highest BCUT2D eigenvalue weighted by Gasteiger charge is 2.40. The van der Waals surface area contributed by atoms with Gasteiger partial charge < -0.3 is 10.1 Å². The minimum absolute atomic E-state index is 0.268. The van der Waals surface area contributed by atoms with E-state index in [4.69, 9.17) is 4.74 Å². The predicted octanol–water partition coefficient (Wildman–Crippen LogP) is 5.80. The van der Waals surface area contributed by atoms with E-state index >= 15 is 0 Å². The van der Waals surface area contributed by atoms with Gasteiger partial charge in [0.2, 0.25) is 0 Å². The van der Waals surface area contributed by atoms with Gasteiger partial charge in [-0.1, -0.05) is 42.8 Å². The van der Waals surface area contributed by atoms with Crippen LogP contribution in [0.4, 0.5) is 11.4 Å². The molecule has 1 aliphatic rings. The van der Waals surface area contributed by atoms with Crippen molar-refractivity contribution in [1.29, 1.82) is 0 Å². The molecule has 168 valence electrons. The van der Waals surface area contributed by atoms with Crippen molar-refractivity contribution >= 4 is 28.8 Å². The number of nitrogens with one attached hydrogen (secondary N) is 1. The van der Waals surface area contributed by atoms with E-state index in [0.29, 0.717) is 23.4 Å². The lowest BCUT2D eigenvalue weighted by Crippen LogP contribution is -2.32. The summed E-state index contributed by atoms with van der Waals surface area (Å²) >= 11 is 0. The summed E-state index contributed by atoms with van der Waals surface area (Å²) in [5.41, 5.74) is 5.83. The summed E-state index contributed by atoms with van der Waals surface area (Å²) in [5, 5.41) is 3.21. The minimum atomic E-state index is -0.370. The lowest BCUT2D eigenvalue weighted by molar-refractivity contribution is -0.120. The normalized spacial score (nSPS) is 13.6. The molecule has 5 nitrogen and oxygen atoms in total. The monoisotopic (exact) mass is 440 g/mol. The van der Waals surface area contributed by atoms with Gasteiger partial charge in [-0.25, -0.2) is 4.90 Å². The molecule has 0 saturated heterocycles. The first-order valence-electron chi connectivity index (χ1n) is 11.2. The fraction of sp³-hybridized carbons (Fsp3) is 0.214. The topological polar surface area (TPSA) is 58.6 Å². The number of benzene rings is 3. The van der Waals surface area contributed by atoms with Crippen molar-refractivity contribution in [3.63, 3.8) is 0 Å². The van der Waals surface area contributed by atoms with Gasteiger partial charge in [-0.2, -0.15) is 0 Å². The third-order valence-corrected chi connectivity index (χ3v) is 5.77. The van der Waals surface area contributed by atoms with Crippen LogP contribution < -0.4 is 15.0 Å². The minimum Gasteiger partial charge on any atom is -0.494 e. The Morgan fingerprint density at radius 2 is 1.52 bits per heavy atom. The Bertz CT molecular complexity index is 1230. The zero-order valence-corrected chi connectivity index (χ0v) is 19.4. The van der Waals surface area contributed by atoms with Gasteiger partial charge in [0.05, 0.1) is 17.9 Å². The average Bonchev–Trinajstić information content (AvgIpc) is 3.05. The maximum absolute atomic E-state index is 13.6. The second-order valence-electron chi connectivity index (χ2n) is 8.33. The van der Waals surface area contributed by atoms with E-state index in [9.17, 15) is 9.59 Å². The van der Waals surface area contributed by atoms with Crippen molar-refractivity contribution in [3.8, 4) is 5.75 Å². The number of amides is 2. The molecule has 0 radical (unpaired) electrons. The van der Waals surface area contributed by atoms with E-state index < -0.39 is 0 Å². The zero-order valence-electron chi connectivity index (χ0n) is 19.4. The molecule has 0 atom stereocenters. The van der Waals surface area contributed by atoms with Crippen molar-refractivity contribution in [2.45, 2.75) is 34.1 Å². The molecule has 1 heterocycles. The molecule has 3 aromatic carbocycles. The van der Waals surface area contributed by atoms with Crippen molar-refractivity contribution in [2.75, 3.05) is 16.8 Å². The van der Waals surface area contributed by atoms with Crippen LogP contribution in [0.1, 0.15) is 35.6 Å². The molecule has 0 aliphatic carbocycles. The lowest BCUT2D eigenvalue weighted by atomic mass is 10.0. The summed E-state index contributed by atoms with van der Waals surface area (Å²) in [7, 11) is 0. The molecule has 0 aromatic heterocycles. The lowest BCUT2D eigenvalue weighted by Gasteiger charge is -2.17. The van der Waals surface area contributed by atoms with Gasteiger partial charge in [0.15, 0.2) is 0 Å². The quantitative estimate of drug-likeness (QED) is 0.472. The highest BCUT2D eigenvalue weighted by Crippen LogP contribution is 2.35. The first kappa shape index (κ1) is 22.3. The van der Waals surface area contributed by atoms with Gasteiger partial charge in [-0.3, -0.25) is 9.59 Å². The van der Waals surface area contributed by atoms with Crippen molar-refractivity contribution in [1.82, 2.24) is 0 Å². The molecule has 1 aliphatic heterocycles. The van der Waals surface area contributed by atoms with Crippen LogP contribution >= 0.6 is 0 Å². The molecular weight excluding hydrogens is 412 g/mol. The summed E-state index contributed by atoms with van der Waals surface area (Å²) in [6, 6.07) is 20.7. The second-order valence-corrected chi connectivity index (χ2v) is 8.33. The van der Waals surface area contributed by atoms with Gasteiger partial charge in [0.25, 0.3) is 11.8 Å². The van der Waals surface area contributed by atoms with Crippen LogP contribution in [0.15, 0.2) is 72.4 Å². The smallest absolute Gasteiger partial charge is 0.282 e. The number of carbonyl (C=O) groups excluding carboxylic acids is 2. The Labute approximate surface area is 194 Å². The largest absolute Gasteiger partial charge is 0.494 e. The highest BCUT2D eigenvalue weighted by atomic mass is 16.5.